The Bertz CT molecular complexity index is 1440. The fraction of sp³-hybridized carbons (Fsp3) is 0.0435. The molecule has 2 aromatic heterocycles. The van der Waals surface area contributed by atoms with E-state index in [1.807, 2.05) is 78.9 Å². The highest BCUT2D eigenvalue weighted by Gasteiger charge is 2.11. The second kappa shape index (κ2) is 7.35. The van der Waals surface area contributed by atoms with Crippen LogP contribution in [0.15, 0.2) is 77.6 Å². The zero-order valence-corrected chi connectivity index (χ0v) is 16.8. The van der Waals surface area contributed by atoms with Gasteiger partial charge in [0.05, 0.1) is 15.6 Å². The number of nitrogens with zero attached hydrogens (tertiary/aromatic N) is 2. The quantitative estimate of drug-likeness (QED) is 0.425. The molecule has 0 aliphatic carbocycles. The third kappa shape index (κ3) is 3.39. The van der Waals surface area contributed by atoms with Crippen molar-refractivity contribution >= 4 is 45.0 Å². The van der Waals surface area contributed by atoms with Crippen LogP contribution in [-0.4, -0.2) is 9.38 Å². The summed E-state index contributed by atoms with van der Waals surface area (Å²) in [5.74, 6) is 0.720. The molecule has 0 radical (unpaired) electrons. The van der Waals surface area contributed by atoms with Gasteiger partial charge in [0, 0.05) is 10.6 Å². The van der Waals surface area contributed by atoms with Crippen LogP contribution < -0.4 is 14.8 Å². The van der Waals surface area contributed by atoms with Gasteiger partial charge in [0.2, 0.25) is 0 Å². The molecule has 2 heterocycles. The molecular weight excluding hydrogens is 404 g/mol. The summed E-state index contributed by atoms with van der Waals surface area (Å²) in [6.45, 7) is 0.421. The summed E-state index contributed by atoms with van der Waals surface area (Å²) in [7, 11) is 0. The van der Waals surface area contributed by atoms with E-state index in [1.54, 1.807) is 4.40 Å². The maximum Gasteiger partial charge on any atom is 0.274 e. The van der Waals surface area contributed by atoms with Crippen molar-refractivity contribution in [2.24, 2.45) is 0 Å². The molecule has 4 nitrogen and oxygen atoms in total. The standard InChI is InChI=1S/C23H15ClN2O2S/c24-17-11-9-15(10-12-17)14-28-20-8-4-1-5-16(20)13-21-22(27)26-19-7-3-2-6-18(19)25-23(26)29-21/h1-13H,14H2/b21-13+. The molecule has 29 heavy (non-hydrogen) atoms. The molecule has 0 unspecified atom stereocenters. The highest BCUT2D eigenvalue weighted by Crippen LogP contribution is 2.21. The zero-order valence-electron chi connectivity index (χ0n) is 15.2. The average Bonchev–Trinajstić information content (AvgIpc) is 3.25. The lowest BCUT2D eigenvalue weighted by molar-refractivity contribution is 0.305. The van der Waals surface area contributed by atoms with E-state index in [0.717, 1.165) is 27.9 Å². The van der Waals surface area contributed by atoms with Gasteiger partial charge in [-0.25, -0.2) is 9.38 Å². The van der Waals surface area contributed by atoms with E-state index >= 15 is 0 Å². The maximum atomic E-state index is 13.0. The van der Waals surface area contributed by atoms with Gasteiger partial charge < -0.3 is 4.74 Å². The predicted molar refractivity (Wildman–Crippen MR) is 118 cm³/mol. The van der Waals surface area contributed by atoms with Crippen LogP contribution in [0.1, 0.15) is 11.1 Å². The molecule has 3 aromatic carbocycles. The van der Waals surface area contributed by atoms with Crippen LogP contribution in [0.4, 0.5) is 0 Å². The smallest absolute Gasteiger partial charge is 0.274 e. The molecule has 5 aromatic rings. The van der Waals surface area contributed by atoms with Crippen molar-refractivity contribution < 1.29 is 4.74 Å². The van der Waals surface area contributed by atoms with Gasteiger partial charge in [0.25, 0.3) is 5.56 Å². The minimum absolute atomic E-state index is 0.0637. The molecule has 0 N–H and O–H groups in total. The second-order valence-electron chi connectivity index (χ2n) is 6.59. The van der Waals surface area contributed by atoms with Crippen LogP contribution in [0.2, 0.25) is 5.02 Å². The monoisotopic (exact) mass is 418 g/mol. The summed E-state index contributed by atoms with van der Waals surface area (Å²) in [5.41, 5.74) is 3.47. The molecule has 142 valence electrons. The van der Waals surface area contributed by atoms with Crippen molar-refractivity contribution in [3.63, 3.8) is 0 Å². The number of halogens is 1. The van der Waals surface area contributed by atoms with Gasteiger partial charge in [-0.2, -0.15) is 0 Å². The number of benzene rings is 3. The van der Waals surface area contributed by atoms with Crippen molar-refractivity contribution in [1.29, 1.82) is 0 Å². The van der Waals surface area contributed by atoms with E-state index in [9.17, 15) is 4.79 Å². The summed E-state index contributed by atoms with van der Waals surface area (Å²) < 4.78 is 8.30. The Hall–Kier alpha value is -3.15. The second-order valence-corrected chi connectivity index (χ2v) is 8.03. The van der Waals surface area contributed by atoms with Gasteiger partial charge in [-0.1, -0.05) is 65.4 Å². The highest BCUT2D eigenvalue weighted by atomic mass is 35.5. The predicted octanol–water partition coefficient (Wildman–Crippen LogP) is 4.69. The molecule has 6 heteroatoms. The first-order valence-corrected chi connectivity index (χ1v) is 10.3. The molecule has 0 amide bonds. The normalized spacial score (nSPS) is 12.1. The summed E-state index contributed by atoms with van der Waals surface area (Å²) in [5, 5.41) is 0.695. The Morgan fingerprint density at radius 1 is 1.00 bits per heavy atom. The topological polar surface area (TPSA) is 43.6 Å². The van der Waals surface area contributed by atoms with Crippen molar-refractivity contribution in [3.8, 4) is 5.75 Å². The molecule has 0 aliphatic rings. The molecule has 0 atom stereocenters. The number of fused-ring (bicyclic) bond motifs is 3. The first-order valence-electron chi connectivity index (χ1n) is 9.07. The van der Waals surface area contributed by atoms with Crippen molar-refractivity contribution in [2.75, 3.05) is 0 Å². The number of thiazole rings is 1. The molecule has 0 spiro atoms. The number of para-hydroxylation sites is 3. The molecule has 0 saturated heterocycles. The van der Waals surface area contributed by atoms with E-state index in [1.165, 1.54) is 11.3 Å². The number of aromatic nitrogens is 2. The van der Waals surface area contributed by atoms with Crippen LogP contribution in [0, 0.1) is 0 Å². The van der Waals surface area contributed by atoms with Crippen molar-refractivity contribution in [3.05, 3.63) is 104 Å². The minimum Gasteiger partial charge on any atom is -0.488 e. The Morgan fingerprint density at radius 2 is 1.76 bits per heavy atom. The Morgan fingerprint density at radius 3 is 2.62 bits per heavy atom. The lowest BCUT2D eigenvalue weighted by atomic mass is 10.2. The third-order valence-corrected chi connectivity index (χ3v) is 5.88. The molecule has 0 bridgehead atoms. The Labute approximate surface area is 175 Å². The van der Waals surface area contributed by atoms with E-state index in [2.05, 4.69) is 4.98 Å². The number of hydrogen-bond donors (Lipinski definition) is 0. The van der Waals surface area contributed by atoms with Crippen LogP contribution in [0.3, 0.4) is 0 Å². The largest absolute Gasteiger partial charge is 0.488 e. The Balaban J connectivity index is 1.53. The summed E-state index contributed by atoms with van der Waals surface area (Å²) >= 11 is 7.32. The Kier molecular flexibility index (Phi) is 4.54. The first-order chi connectivity index (χ1) is 14.2. The molecule has 5 rings (SSSR count). The van der Waals surface area contributed by atoms with Gasteiger partial charge in [-0.05, 0) is 42.0 Å². The average molecular weight is 419 g/mol. The van der Waals surface area contributed by atoms with E-state index < -0.39 is 0 Å². The van der Waals surface area contributed by atoms with Gasteiger partial charge in [0.1, 0.15) is 12.4 Å². The summed E-state index contributed by atoms with van der Waals surface area (Å²) in [4.78, 5) is 18.2. The summed E-state index contributed by atoms with van der Waals surface area (Å²) in [6.07, 6.45) is 1.87. The van der Waals surface area contributed by atoms with Gasteiger partial charge in [-0.15, -0.1) is 0 Å². The number of ether oxygens (including phenoxy) is 1. The highest BCUT2D eigenvalue weighted by molar-refractivity contribution is 7.15. The molecule has 0 saturated carbocycles. The molecule has 0 aliphatic heterocycles. The first kappa shape index (κ1) is 17.9. The van der Waals surface area contributed by atoms with Gasteiger partial charge in [0.15, 0.2) is 4.96 Å². The SMILES string of the molecule is O=c1/c(=C\c2ccccc2OCc2ccc(Cl)cc2)sc2nc3ccccc3n12. The molecular formula is C23H15ClN2O2S. The fourth-order valence-electron chi connectivity index (χ4n) is 3.23. The number of hydrogen-bond acceptors (Lipinski definition) is 4. The van der Waals surface area contributed by atoms with Crippen LogP contribution >= 0.6 is 22.9 Å². The van der Waals surface area contributed by atoms with Gasteiger partial charge in [-0.3, -0.25) is 4.79 Å². The molecule has 0 fully saturated rings. The zero-order chi connectivity index (χ0) is 19.8. The van der Waals surface area contributed by atoms with Crippen molar-refractivity contribution in [2.45, 2.75) is 6.61 Å². The van der Waals surface area contributed by atoms with E-state index in [-0.39, 0.29) is 5.56 Å². The third-order valence-electron chi connectivity index (χ3n) is 4.66. The number of rotatable bonds is 4. The lowest BCUT2D eigenvalue weighted by Crippen LogP contribution is -2.22. The van der Waals surface area contributed by atoms with Crippen LogP contribution in [-0.2, 0) is 6.61 Å². The fourth-order valence-corrected chi connectivity index (χ4v) is 4.33. The van der Waals surface area contributed by atoms with E-state index in [0.29, 0.717) is 21.1 Å². The summed E-state index contributed by atoms with van der Waals surface area (Å²) in [6, 6.07) is 22.9. The number of imidazole rings is 1. The minimum atomic E-state index is -0.0637. The lowest BCUT2D eigenvalue weighted by Gasteiger charge is -2.09. The maximum absolute atomic E-state index is 13.0. The van der Waals surface area contributed by atoms with Gasteiger partial charge >= 0.3 is 0 Å². The van der Waals surface area contributed by atoms with E-state index in [4.69, 9.17) is 16.3 Å². The van der Waals surface area contributed by atoms with Crippen LogP contribution in [0.25, 0.3) is 22.1 Å². The van der Waals surface area contributed by atoms with Crippen molar-refractivity contribution in [1.82, 2.24) is 9.38 Å². The van der Waals surface area contributed by atoms with Crippen LogP contribution in [0.5, 0.6) is 5.75 Å².